The molecule has 2 heteroatoms. The van der Waals surface area contributed by atoms with Crippen molar-refractivity contribution in [3.05, 3.63) is 59.7 Å². The summed E-state index contributed by atoms with van der Waals surface area (Å²) in [7, 11) is 1.49. The molecule has 0 bridgehead atoms. The van der Waals surface area contributed by atoms with Gasteiger partial charge in [-0.15, -0.1) is 0 Å². The van der Waals surface area contributed by atoms with Crippen molar-refractivity contribution in [2.75, 3.05) is 7.11 Å². The van der Waals surface area contributed by atoms with Crippen molar-refractivity contribution in [2.24, 2.45) is 5.92 Å². The topological polar surface area (TPSA) is 26.3 Å². The molecule has 3 aromatic rings. The molecule has 130 valence electrons. The van der Waals surface area contributed by atoms with Gasteiger partial charge in [-0.3, -0.25) is 4.79 Å². The summed E-state index contributed by atoms with van der Waals surface area (Å²) in [6, 6.07) is 17.1. The number of rotatable bonds is 6. The van der Waals surface area contributed by atoms with Gasteiger partial charge in [0.1, 0.15) is 0 Å². The summed E-state index contributed by atoms with van der Waals surface area (Å²) in [5, 5.41) is 5.07. The number of hydrogen-bond acceptors (Lipinski definition) is 2. The third-order valence-corrected chi connectivity index (χ3v) is 5.22. The van der Waals surface area contributed by atoms with Crippen molar-refractivity contribution in [2.45, 2.75) is 39.5 Å². The lowest BCUT2D eigenvalue weighted by atomic mass is 9.86. The maximum Gasteiger partial charge on any atom is 0.308 e. The van der Waals surface area contributed by atoms with E-state index in [1.807, 2.05) is 0 Å². The van der Waals surface area contributed by atoms with E-state index in [2.05, 4.69) is 62.4 Å². The second kappa shape index (κ2) is 7.69. The first-order chi connectivity index (χ1) is 12.2. The first kappa shape index (κ1) is 17.5. The molecule has 2 nitrogen and oxygen atoms in total. The molecule has 0 saturated heterocycles. The van der Waals surface area contributed by atoms with Gasteiger partial charge in [-0.1, -0.05) is 68.3 Å². The number of aryl methyl sites for hydroxylation is 1. The summed E-state index contributed by atoms with van der Waals surface area (Å²) in [6.07, 6.45) is 3.75. The molecule has 0 aliphatic carbocycles. The molecule has 3 rings (SSSR count). The lowest BCUT2D eigenvalue weighted by molar-refractivity contribution is -0.145. The van der Waals surface area contributed by atoms with E-state index in [9.17, 15) is 4.79 Å². The van der Waals surface area contributed by atoms with Crippen molar-refractivity contribution >= 4 is 27.5 Å². The number of carbonyl (C=O) groups is 1. The number of carbonyl (C=O) groups excluding carboxylic acids is 1. The maximum absolute atomic E-state index is 12.3. The Morgan fingerprint density at radius 3 is 2.12 bits per heavy atom. The number of fused-ring (bicyclic) bond motifs is 3. The molecule has 0 radical (unpaired) electrons. The van der Waals surface area contributed by atoms with Crippen LogP contribution >= 0.6 is 0 Å². The summed E-state index contributed by atoms with van der Waals surface area (Å²) >= 11 is 0. The number of hydrogen-bond donors (Lipinski definition) is 0. The lowest BCUT2D eigenvalue weighted by Gasteiger charge is -2.19. The van der Waals surface area contributed by atoms with Crippen molar-refractivity contribution in [3.8, 4) is 0 Å². The molecule has 0 aliphatic rings. The van der Waals surface area contributed by atoms with Crippen molar-refractivity contribution < 1.29 is 9.53 Å². The minimum Gasteiger partial charge on any atom is -0.469 e. The van der Waals surface area contributed by atoms with Crippen LogP contribution in [0.4, 0.5) is 0 Å². The number of esters is 1. The van der Waals surface area contributed by atoms with Crippen LogP contribution in [0.5, 0.6) is 0 Å². The van der Waals surface area contributed by atoms with Crippen LogP contribution in [0.3, 0.4) is 0 Å². The predicted molar refractivity (Wildman–Crippen MR) is 105 cm³/mol. The Kier molecular flexibility index (Phi) is 5.37. The highest BCUT2D eigenvalue weighted by atomic mass is 16.5. The Labute approximate surface area is 149 Å². The van der Waals surface area contributed by atoms with Crippen LogP contribution in [0.1, 0.15) is 37.3 Å². The standard InChI is InChI=1S/C23H26O2/c1-4-5-10-17(23(24)25-3)15-22-16(2)18-11-6-7-12-19(18)20-13-8-9-14-21(20)22/h6-9,11-14,17H,4-5,10,15H2,1-3H3. The van der Waals surface area contributed by atoms with E-state index in [0.717, 1.165) is 25.7 Å². The Hall–Kier alpha value is -2.35. The second-order valence-electron chi connectivity index (χ2n) is 6.76. The molecule has 1 unspecified atom stereocenters. The molecule has 0 amide bonds. The molecule has 0 N–H and O–H groups in total. The van der Waals surface area contributed by atoms with Gasteiger partial charge in [-0.05, 0) is 52.4 Å². The van der Waals surface area contributed by atoms with Crippen LogP contribution in [-0.4, -0.2) is 13.1 Å². The van der Waals surface area contributed by atoms with E-state index in [4.69, 9.17) is 4.74 Å². The van der Waals surface area contributed by atoms with Gasteiger partial charge in [0, 0.05) is 0 Å². The SMILES string of the molecule is CCCCC(Cc1c(C)c2ccccc2c2ccccc12)C(=O)OC. The predicted octanol–water partition coefficient (Wildman–Crippen LogP) is 5.82. The second-order valence-corrected chi connectivity index (χ2v) is 6.76. The molecular weight excluding hydrogens is 308 g/mol. The van der Waals surface area contributed by atoms with E-state index < -0.39 is 0 Å². The van der Waals surface area contributed by atoms with E-state index in [-0.39, 0.29) is 11.9 Å². The monoisotopic (exact) mass is 334 g/mol. The first-order valence-electron chi connectivity index (χ1n) is 9.14. The highest BCUT2D eigenvalue weighted by molar-refractivity contribution is 6.10. The Bertz CT molecular complexity index is 895. The minimum atomic E-state index is -0.0925. The molecule has 0 saturated carbocycles. The van der Waals surface area contributed by atoms with Gasteiger partial charge in [0.2, 0.25) is 0 Å². The fraction of sp³-hybridized carbons (Fsp3) is 0.348. The highest BCUT2D eigenvalue weighted by Crippen LogP contribution is 2.34. The summed E-state index contributed by atoms with van der Waals surface area (Å²) in [4.78, 5) is 12.3. The third kappa shape index (κ3) is 3.39. The number of ether oxygens (including phenoxy) is 1. The van der Waals surface area contributed by atoms with Crippen molar-refractivity contribution in [1.82, 2.24) is 0 Å². The first-order valence-corrected chi connectivity index (χ1v) is 9.14. The smallest absolute Gasteiger partial charge is 0.308 e. The molecular formula is C23H26O2. The van der Waals surface area contributed by atoms with Gasteiger partial charge in [0.25, 0.3) is 0 Å². The minimum absolute atomic E-state index is 0.0757. The molecule has 0 aromatic heterocycles. The fourth-order valence-electron chi connectivity index (χ4n) is 3.82. The number of methoxy groups -OCH3 is 1. The largest absolute Gasteiger partial charge is 0.469 e. The molecule has 0 spiro atoms. The van der Waals surface area contributed by atoms with E-state index >= 15 is 0 Å². The van der Waals surface area contributed by atoms with E-state index in [1.54, 1.807) is 0 Å². The Morgan fingerprint density at radius 1 is 0.960 bits per heavy atom. The van der Waals surface area contributed by atoms with Crippen molar-refractivity contribution in [1.29, 1.82) is 0 Å². The van der Waals surface area contributed by atoms with E-state index in [0.29, 0.717) is 0 Å². The van der Waals surface area contributed by atoms with Crippen LogP contribution in [-0.2, 0) is 16.0 Å². The number of unbranched alkanes of at least 4 members (excludes halogenated alkanes) is 1. The summed E-state index contributed by atoms with van der Waals surface area (Å²) in [6.45, 7) is 4.34. The average molecular weight is 334 g/mol. The molecule has 25 heavy (non-hydrogen) atoms. The maximum atomic E-state index is 12.3. The van der Waals surface area contributed by atoms with Gasteiger partial charge in [0.15, 0.2) is 0 Å². The lowest BCUT2D eigenvalue weighted by Crippen LogP contribution is -2.19. The Balaban J connectivity index is 2.16. The van der Waals surface area contributed by atoms with Gasteiger partial charge in [-0.2, -0.15) is 0 Å². The van der Waals surface area contributed by atoms with Crippen LogP contribution in [0.2, 0.25) is 0 Å². The summed E-state index contributed by atoms with van der Waals surface area (Å²) < 4.78 is 5.08. The van der Waals surface area contributed by atoms with Crippen LogP contribution in [0.25, 0.3) is 21.5 Å². The van der Waals surface area contributed by atoms with Gasteiger partial charge < -0.3 is 4.74 Å². The molecule has 0 fully saturated rings. The van der Waals surface area contributed by atoms with E-state index in [1.165, 1.54) is 39.8 Å². The fourth-order valence-corrected chi connectivity index (χ4v) is 3.82. The molecule has 0 aliphatic heterocycles. The quantitative estimate of drug-likeness (QED) is 0.419. The van der Waals surface area contributed by atoms with Crippen molar-refractivity contribution in [3.63, 3.8) is 0 Å². The van der Waals surface area contributed by atoms with Crippen LogP contribution in [0.15, 0.2) is 48.5 Å². The third-order valence-electron chi connectivity index (χ3n) is 5.22. The van der Waals surface area contributed by atoms with Crippen LogP contribution < -0.4 is 0 Å². The molecule has 1 atom stereocenters. The zero-order chi connectivity index (χ0) is 17.8. The van der Waals surface area contributed by atoms with Gasteiger partial charge in [-0.25, -0.2) is 0 Å². The molecule has 0 heterocycles. The van der Waals surface area contributed by atoms with Gasteiger partial charge >= 0.3 is 5.97 Å². The number of benzene rings is 3. The normalized spacial score (nSPS) is 12.4. The van der Waals surface area contributed by atoms with Crippen LogP contribution in [0, 0.1) is 12.8 Å². The summed E-state index contributed by atoms with van der Waals surface area (Å²) in [5.41, 5.74) is 2.56. The van der Waals surface area contributed by atoms with Gasteiger partial charge in [0.05, 0.1) is 13.0 Å². The molecule has 3 aromatic carbocycles. The summed E-state index contributed by atoms with van der Waals surface area (Å²) in [5.74, 6) is -0.168. The zero-order valence-electron chi connectivity index (χ0n) is 15.3. The average Bonchev–Trinajstić information content (AvgIpc) is 2.67. The highest BCUT2D eigenvalue weighted by Gasteiger charge is 2.22. The zero-order valence-corrected chi connectivity index (χ0v) is 15.3. The Morgan fingerprint density at radius 2 is 1.52 bits per heavy atom.